The van der Waals surface area contributed by atoms with E-state index in [-0.39, 0.29) is 12.2 Å². The van der Waals surface area contributed by atoms with Gasteiger partial charge in [0, 0.05) is 6.61 Å². The molecule has 0 unspecified atom stereocenters. The molecule has 0 aromatic heterocycles. The van der Waals surface area contributed by atoms with Crippen LogP contribution in [0.15, 0.2) is 18.2 Å². The molecule has 0 aliphatic carbocycles. The van der Waals surface area contributed by atoms with Crippen LogP contribution in [0.1, 0.15) is 30.1 Å². The topological polar surface area (TPSA) is 63.2 Å². The number of methoxy groups -OCH3 is 2. The molecule has 118 valence electrons. The second-order valence-electron chi connectivity index (χ2n) is 4.20. The summed E-state index contributed by atoms with van der Waals surface area (Å²) in [6, 6.07) is 5.01. The number of carbonyl (C=O) groups excluding carboxylic acids is 1. The van der Waals surface area contributed by atoms with Gasteiger partial charge in [-0.05, 0) is 18.6 Å². The molecular weight excluding hydrogens is 276 g/mol. The Morgan fingerprint density at radius 1 is 1.05 bits per heavy atom. The van der Waals surface area contributed by atoms with E-state index in [9.17, 15) is 4.79 Å². The van der Waals surface area contributed by atoms with Gasteiger partial charge in [-0.1, -0.05) is 19.4 Å². The van der Waals surface area contributed by atoms with E-state index < -0.39 is 5.97 Å². The van der Waals surface area contributed by atoms with Gasteiger partial charge in [0.15, 0.2) is 0 Å². The molecule has 1 aromatic carbocycles. The van der Waals surface area contributed by atoms with Crippen molar-refractivity contribution in [2.45, 2.75) is 19.8 Å². The highest BCUT2D eigenvalue weighted by molar-refractivity contribution is 5.95. The first kappa shape index (κ1) is 17.3. The van der Waals surface area contributed by atoms with E-state index in [0.717, 1.165) is 12.8 Å². The zero-order valence-corrected chi connectivity index (χ0v) is 12.7. The predicted octanol–water partition coefficient (Wildman–Crippen LogP) is 2.61. The smallest absolute Gasteiger partial charge is 0.380 e. The molecule has 0 N–H and O–H groups in total. The van der Waals surface area contributed by atoms with E-state index in [0.29, 0.717) is 24.7 Å². The minimum Gasteiger partial charge on any atom is -0.496 e. The first-order valence-corrected chi connectivity index (χ1v) is 6.87. The van der Waals surface area contributed by atoms with Crippen molar-refractivity contribution in [2.24, 2.45) is 0 Å². The van der Waals surface area contributed by atoms with E-state index in [1.54, 1.807) is 18.2 Å². The minimum atomic E-state index is -0.669. The summed E-state index contributed by atoms with van der Waals surface area (Å²) in [5.41, 5.74) is 0.189. The highest BCUT2D eigenvalue weighted by Crippen LogP contribution is 2.28. The van der Waals surface area contributed by atoms with Crippen LogP contribution < -0.4 is 9.47 Å². The van der Waals surface area contributed by atoms with Crippen molar-refractivity contribution >= 4 is 5.97 Å². The Bertz CT molecular complexity index is 410. The third-order valence-corrected chi connectivity index (χ3v) is 2.72. The average molecular weight is 298 g/mol. The fourth-order valence-electron chi connectivity index (χ4n) is 1.63. The summed E-state index contributed by atoms with van der Waals surface area (Å²) in [7, 11) is 2.93. The van der Waals surface area contributed by atoms with Gasteiger partial charge in [-0.2, -0.15) is 4.89 Å². The number of hydrogen-bond donors (Lipinski definition) is 0. The summed E-state index contributed by atoms with van der Waals surface area (Å²) >= 11 is 0. The lowest BCUT2D eigenvalue weighted by Crippen LogP contribution is -2.12. The van der Waals surface area contributed by atoms with Crippen LogP contribution in [-0.2, 0) is 14.5 Å². The maximum absolute atomic E-state index is 12.0. The van der Waals surface area contributed by atoms with E-state index in [1.807, 2.05) is 0 Å². The Balaban J connectivity index is 2.45. The molecule has 1 rings (SSSR count). The van der Waals surface area contributed by atoms with Gasteiger partial charge >= 0.3 is 5.97 Å². The average Bonchev–Trinajstić information content (AvgIpc) is 2.52. The predicted molar refractivity (Wildman–Crippen MR) is 76.6 cm³/mol. The number of hydrogen-bond acceptors (Lipinski definition) is 6. The number of ether oxygens (including phenoxy) is 3. The SMILES string of the molecule is CCCCOCCOOC(=O)c1c(OC)cccc1OC. The molecule has 0 radical (unpaired) electrons. The molecule has 6 nitrogen and oxygen atoms in total. The Kier molecular flexibility index (Phi) is 8.23. The normalized spacial score (nSPS) is 10.2. The van der Waals surface area contributed by atoms with Crippen LogP contribution in [-0.4, -0.2) is 40.0 Å². The first-order chi connectivity index (χ1) is 10.2. The third-order valence-electron chi connectivity index (χ3n) is 2.72. The number of unbranched alkanes of at least 4 members (excludes halogenated alkanes) is 1. The number of rotatable bonds is 10. The maximum Gasteiger partial charge on any atom is 0.380 e. The first-order valence-electron chi connectivity index (χ1n) is 6.87. The van der Waals surface area contributed by atoms with Gasteiger partial charge in [0.25, 0.3) is 0 Å². The Hall–Kier alpha value is -1.79. The zero-order chi connectivity index (χ0) is 15.5. The molecule has 0 saturated carbocycles. The van der Waals surface area contributed by atoms with Crippen molar-refractivity contribution in [3.63, 3.8) is 0 Å². The molecule has 0 saturated heterocycles. The lowest BCUT2D eigenvalue weighted by atomic mass is 10.2. The minimum absolute atomic E-state index is 0.174. The third kappa shape index (κ3) is 5.61. The largest absolute Gasteiger partial charge is 0.496 e. The van der Waals surface area contributed by atoms with E-state index in [4.69, 9.17) is 24.0 Å². The van der Waals surface area contributed by atoms with Crippen LogP contribution >= 0.6 is 0 Å². The second kappa shape index (κ2) is 10.0. The van der Waals surface area contributed by atoms with Gasteiger partial charge in [0.05, 0.1) is 20.8 Å². The summed E-state index contributed by atoms with van der Waals surface area (Å²) in [5, 5.41) is 0. The number of carbonyl (C=O) groups is 1. The van der Waals surface area contributed by atoms with Crippen LogP contribution in [0.3, 0.4) is 0 Å². The molecule has 0 fully saturated rings. The summed E-state index contributed by atoms with van der Waals surface area (Å²) in [4.78, 5) is 21.6. The molecule has 0 atom stereocenters. The molecule has 0 aliphatic heterocycles. The fourth-order valence-corrected chi connectivity index (χ4v) is 1.63. The Morgan fingerprint density at radius 3 is 2.29 bits per heavy atom. The molecule has 6 heteroatoms. The van der Waals surface area contributed by atoms with Crippen molar-refractivity contribution in [1.82, 2.24) is 0 Å². The lowest BCUT2D eigenvalue weighted by molar-refractivity contribution is -0.247. The van der Waals surface area contributed by atoms with Gasteiger partial charge in [0.2, 0.25) is 0 Å². The van der Waals surface area contributed by atoms with Gasteiger partial charge in [-0.15, -0.1) is 0 Å². The summed E-state index contributed by atoms with van der Waals surface area (Å²) in [6.07, 6.45) is 2.07. The quantitative estimate of drug-likeness (QED) is 0.376. The second-order valence-corrected chi connectivity index (χ2v) is 4.20. The summed E-state index contributed by atoms with van der Waals surface area (Å²) in [6.45, 7) is 3.31. The highest BCUT2D eigenvalue weighted by Gasteiger charge is 2.20. The van der Waals surface area contributed by atoms with Crippen LogP contribution in [0.5, 0.6) is 11.5 Å². The van der Waals surface area contributed by atoms with Crippen LogP contribution in [0, 0.1) is 0 Å². The molecule has 0 spiro atoms. The van der Waals surface area contributed by atoms with Crippen molar-refractivity contribution in [2.75, 3.05) is 34.0 Å². The van der Waals surface area contributed by atoms with Crippen molar-refractivity contribution < 1.29 is 28.8 Å². The summed E-state index contributed by atoms with van der Waals surface area (Å²) in [5.74, 6) is 0.0575. The molecule has 0 amide bonds. The molecular formula is C15H22O6. The van der Waals surface area contributed by atoms with Crippen molar-refractivity contribution in [3.8, 4) is 11.5 Å². The highest BCUT2D eigenvalue weighted by atomic mass is 17.2. The standard InChI is InChI=1S/C15H22O6/c1-4-5-9-19-10-11-20-21-15(16)14-12(17-2)7-6-8-13(14)18-3/h6-8H,4-5,9-11H2,1-3H3. The van der Waals surface area contributed by atoms with Gasteiger partial charge in [-0.25, -0.2) is 4.79 Å². The molecule has 21 heavy (non-hydrogen) atoms. The monoisotopic (exact) mass is 298 g/mol. The Morgan fingerprint density at radius 2 is 1.71 bits per heavy atom. The number of benzene rings is 1. The van der Waals surface area contributed by atoms with Gasteiger partial charge < -0.3 is 14.2 Å². The van der Waals surface area contributed by atoms with E-state index in [1.165, 1.54) is 14.2 Å². The van der Waals surface area contributed by atoms with Crippen molar-refractivity contribution in [1.29, 1.82) is 0 Å². The van der Waals surface area contributed by atoms with Crippen LogP contribution in [0.2, 0.25) is 0 Å². The molecule has 0 aliphatic rings. The van der Waals surface area contributed by atoms with Crippen molar-refractivity contribution in [3.05, 3.63) is 23.8 Å². The maximum atomic E-state index is 12.0. The van der Waals surface area contributed by atoms with Crippen LogP contribution in [0.4, 0.5) is 0 Å². The van der Waals surface area contributed by atoms with Gasteiger partial charge in [-0.3, -0.25) is 4.89 Å². The van der Waals surface area contributed by atoms with Crippen LogP contribution in [0.25, 0.3) is 0 Å². The lowest BCUT2D eigenvalue weighted by Gasteiger charge is -2.11. The Labute approximate surface area is 124 Å². The molecule has 0 bridgehead atoms. The van der Waals surface area contributed by atoms with Gasteiger partial charge in [0.1, 0.15) is 23.7 Å². The van der Waals surface area contributed by atoms with E-state index >= 15 is 0 Å². The summed E-state index contributed by atoms with van der Waals surface area (Å²) < 4.78 is 15.5. The molecule has 1 aromatic rings. The fraction of sp³-hybridized carbons (Fsp3) is 0.533. The zero-order valence-electron chi connectivity index (χ0n) is 12.7. The molecule has 0 heterocycles. The van der Waals surface area contributed by atoms with E-state index in [2.05, 4.69) is 6.92 Å².